The Morgan fingerprint density at radius 3 is 2.96 bits per heavy atom. The van der Waals surface area contributed by atoms with E-state index in [1.165, 1.54) is 10.8 Å². The van der Waals surface area contributed by atoms with Gasteiger partial charge in [0, 0.05) is 31.3 Å². The number of hydrogen-bond donors (Lipinski definition) is 0. The summed E-state index contributed by atoms with van der Waals surface area (Å²) in [5.74, 6) is 0.756. The number of para-hydroxylation sites is 1. The van der Waals surface area contributed by atoms with E-state index in [4.69, 9.17) is 4.98 Å². The third-order valence-corrected chi connectivity index (χ3v) is 5.54. The van der Waals surface area contributed by atoms with Crippen LogP contribution in [0.25, 0.3) is 10.2 Å². The molecular formula is C17H16N4O2S. The van der Waals surface area contributed by atoms with Crippen molar-refractivity contribution in [1.82, 2.24) is 9.97 Å². The van der Waals surface area contributed by atoms with Crippen molar-refractivity contribution in [3.8, 4) is 0 Å². The van der Waals surface area contributed by atoms with Gasteiger partial charge in [-0.15, -0.1) is 11.3 Å². The van der Waals surface area contributed by atoms with Crippen molar-refractivity contribution in [1.29, 1.82) is 0 Å². The highest BCUT2D eigenvalue weighted by molar-refractivity contribution is 7.18. The molecule has 6 nitrogen and oxygen atoms in total. The van der Waals surface area contributed by atoms with Gasteiger partial charge in [0.25, 0.3) is 0 Å². The summed E-state index contributed by atoms with van der Waals surface area (Å²) in [6, 6.07) is 11.3. The van der Waals surface area contributed by atoms with Gasteiger partial charge in [-0.05, 0) is 31.0 Å². The van der Waals surface area contributed by atoms with Gasteiger partial charge in [-0.2, -0.15) is 0 Å². The number of fused-ring (bicyclic) bond motifs is 1. The summed E-state index contributed by atoms with van der Waals surface area (Å²) < 4.78 is 1.19. The Labute approximate surface area is 142 Å². The number of nitrogens with zero attached hydrogens (tertiary/aromatic N) is 4. The number of piperidine rings is 1. The van der Waals surface area contributed by atoms with Gasteiger partial charge >= 0.3 is 5.69 Å². The first kappa shape index (κ1) is 15.0. The molecule has 0 amide bonds. The van der Waals surface area contributed by atoms with Crippen molar-refractivity contribution >= 4 is 33.1 Å². The number of anilines is 1. The molecule has 0 saturated carbocycles. The summed E-state index contributed by atoms with van der Waals surface area (Å²) in [5, 5.41) is 12.4. The monoisotopic (exact) mass is 340 g/mol. The van der Waals surface area contributed by atoms with Crippen LogP contribution in [-0.4, -0.2) is 28.0 Å². The Hall–Kier alpha value is -2.54. The third kappa shape index (κ3) is 2.71. The lowest BCUT2D eigenvalue weighted by molar-refractivity contribution is -0.384. The predicted octanol–water partition coefficient (Wildman–Crippen LogP) is 3.98. The van der Waals surface area contributed by atoms with Crippen LogP contribution in [0.4, 0.5) is 11.5 Å². The SMILES string of the molecule is O=[N+]([O-])c1cccnc1N1CCCC(c2nc3ccccc3s2)C1. The van der Waals surface area contributed by atoms with E-state index >= 15 is 0 Å². The molecule has 4 rings (SSSR count). The maximum Gasteiger partial charge on any atom is 0.311 e. The Bertz CT molecular complexity index is 862. The van der Waals surface area contributed by atoms with Crippen molar-refractivity contribution in [2.24, 2.45) is 0 Å². The fourth-order valence-electron chi connectivity index (χ4n) is 3.21. The van der Waals surface area contributed by atoms with Gasteiger partial charge in [-0.1, -0.05) is 12.1 Å². The highest BCUT2D eigenvalue weighted by Gasteiger charge is 2.28. The van der Waals surface area contributed by atoms with Crippen LogP contribution in [0, 0.1) is 10.1 Å². The lowest BCUT2D eigenvalue weighted by Crippen LogP contribution is -2.35. The Balaban J connectivity index is 1.63. The lowest BCUT2D eigenvalue weighted by atomic mass is 9.98. The minimum absolute atomic E-state index is 0.0717. The topological polar surface area (TPSA) is 72.2 Å². The summed E-state index contributed by atoms with van der Waals surface area (Å²) in [7, 11) is 0. The van der Waals surface area contributed by atoms with E-state index in [-0.39, 0.29) is 16.5 Å². The quantitative estimate of drug-likeness (QED) is 0.532. The highest BCUT2D eigenvalue weighted by atomic mass is 32.1. The fraction of sp³-hybridized carbons (Fsp3) is 0.294. The van der Waals surface area contributed by atoms with E-state index in [0.29, 0.717) is 5.82 Å². The zero-order chi connectivity index (χ0) is 16.5. The van der Waals surface area contributed by atoms with Gasteiger partial charge in [-0.25, -0.2) is 9.97 Å². The molecule has 1 aliphatic rings. The van der Waals surface area contributed by atoms with Crippen molar-refractivity contribution in [2.45, 2.75) is 18.8 Å². The standard InChI is InChI=1S/C17H16N4O2S/c22-21(23)14-7-3-9-18-16(14)20-10-4-5-12(11-20)17-19-13-6-1-2-8-15(13)24-17/h1-3,6-9,12H,4-5,10-11H2. The number of hydrogen-bond acceptors (Lipinski definition) is 6. The van der Waals surface area contributed by atoms with Crippen LogP contribution in [0.2, 0.25) is 0 Å². The minimum atomic E-state index is -0.358. The van der Waals surface area contributed by atoms with Crippen molar-refractivity contribution in [3.63, 3.8) is 0 Å². The number of benzene rings is 1. The molecular weight excluding hydrogens is 324 g/mol. The van der Waals surface area contributed by atoms with Crippen LogP contribution in [0.5, 0.6) is 0 Å². The molecule has 2 aromatic heterocycles. The second kappa shape index (κ2) is 6.16. The molecule has 1 unspecified atom stereocenters. The first-order valence-corrected chi connectivity index (χ1v) is 8.74. The fourth-order valence-corrected chi connectivity index (χ4v) is 4.30. The predicted molar refractivity (Wildman–Crippen MR) is 94.7 cm³/mol. The number of nitro groups is 1. The second-order valence-electron chi connectivity index (χ2n) is 5.91. The molecule has 0 spiro atoms. The summed E-state index contributed by atoms with van der Waals surface area (Å²) >= 11 is 1.72. The molecule has 1 saturated heterocycles. The van der Waals surface area contributed by atoms with Crippen molar-refractivity contribution < 1.29 is 4.92 Å². The van der Waals surface area contributed by atoms with Crippen LogP contribution in [0.3, 0.4) is 0 Å². The van der Waals surface area contributed by atoms with Gasteiger partial charge in [0.1, 0.15) is 0 Å². The number of pyridine rings is 1. The summed E-state index contributed by atoms with van der Waals surface area (Å²) in [6.07, 6.45) is 3.65. The van der Waals surface area contributed by atoms with Gasteiger partial charge < -0.3 is 4.90 Å². The smallest absolute Gasteiger partial charge is 0.311 e. The molecule has 3 heterocycles. The molecule has 122 valence electrons. The van der Waals surface area contributed by atoms with Crippen molar-refractivity contribution in [2.75, 3.05) is 18.0 Å². The van der Waals surface area contributed by atoms with E-state index in [0.717, 1.165) is 36.5 Å². The molecule has 7 heteroatoms. The Kier molecular flexibility index (Phi) is 3.86. The Morgan fingerprint density at radius 2 is 2.12 bits per heavy atom. The van der Waals surface area contributed by atoms with E-state index in [1.807, 2.05) is 23.1 Å². The first-order valence-electron chi connectivity index (χ1n) is 7.92. The number of thiazole rings is 1. The van der Waals surface area contributed by atoms with Crippen LogP contribution in [-0.2, 0) is 0 Å². The molecule has 1 aliphatic heterocycles. The van der Waals surface area contributed by atoms with Crippen LogP contribution < -0.4 is 4.90 Å². The highest BCUT2D eigenvalue weighted by Crippen LogP contribution is 2.36. The number of rotatable bonds is 3. The van der Waals surface area contributed by atoms with Gasteiger partial charge in [0.15, 0.2) is 0 Å². The van der Waals surface area contributed by atoms with E-state index in [9.17, 15) is 10.1 Å². The van der Waals surface area contributed by atoms with Gasteiger partial charge in [0.2, 0.25) is 5.82 Å². The average molecular weight is 340 g/mol. The van der Waals surface area contributed by atoms with Gasteiger partial charge in [0.05, 0.1) is 20.1 Å². The first-order chi connectivity index (χ1) is 11.7. The van der Waals surface area contributed by atoms with Gasteiger partial charge in [-0.3, -0.25) is 10.1 Å². The van der Waals surface area contributed by atoms with Crippen LogP contribution in [0.1, 0.15) is 23.8 Å². The minimum Gasteiger partial charge on any atom is -0.350 e. The van der Waals surface area contributed by atoms with Crippen LogP contribution >= 0.6 is 11.3 Å². The molecule has 3 aromatic rings. The van der Waals surface area contributed by atoms with E-state index in [1.54, 1.807) is 23.6 Å². The molecule has 0 radical (unpaired) electrons. The normalized spacial score (nSPS) is 18.0. The molecule has 24 heavy (non-hydrogen) atoms. The third-order valence-electron chi connectivity index (χ3n) is 4.34. The molecule has 0 aliphatic carbocycles. The molecule has 1 fully saturated rings. The molecule has 0 N–H and O–H groups in total. The maximum atomic E-state index is 11.3. The number of aromatic nitrogens is 2. The molecule has 1 atom stereocenters. The second-order valence-corrected chi connectivity index (χ2v) is 6.97. The Morgan fingerprint density at radius 1 is 1.25 bits per heavy atom. The molecule has 0 bridgehead atoms. The van der Waals surface area contributed by atoms with E-state index in [2.05, 4.69) is 11.1 Å². The summed E-state index contributed by atoms with van der Waals surface area (Å²) in [4.78, 5) is 22.0. The zero-order valence-electron chi connectivity index (χ0n) is 13.0. The lowest BCUT2D eigenvalue weighted by Gasteiger charge is -2.32. The largest absolute Gasteiger partial charge is 0.350 e. The van der Waals surface area contributed by atoms with Crippen LogP contribution in [0.15, 0.2) is 42.6 Å². The summed E-state index contributed by atoms with van der Waals surface area (Å²) in [5.41, 5.74) is 1.10. The maximum absolute atomic E-state index is 11.3. The van der Waals surface area contributed by atoms with Crippen molar-refractivity contribution in [3.05, 3.63) is 57.7 Å². The zero-order valence-corrected chi connectivity index (χ0v) is 13.8. The average Bonchev–Trinajstić information content (AvgIpc) is 3.06. The molecule has 1 aromatic carbocycles. The van der Waals surface area contributed by atoms with E-state index < -0.39 is 0 Å². The summed E-state index contributed by atoms with van der Waals surface area (Å²) in [6.45, 7) is 1.51.